The van der Waals surface area contributed by atoms with Gasteiger partial charge in [-0.15, -0.1) is 0 Å². The minimum absolute atomic E-state index is 0.131. The highest BCUT2D eigenvalue weighted by Crippen LogP contribution is 2.36. The Kier molecular flexibility index (Phi) is 3.78. The molecule has 0 unspecified atom stereocenters. The van der Waals surface area contributed by atoms with E-state index in [1.165, 1.54) is 0 Å². The van der Waals surface area contributed by atoms with Gasteiger partial charge in [-0.05, 0) is 36.6 Å². The van der Waals surface area contributed by atoms with Crippen LogP contribution >= 0.6 is 0 Å². The monoisotopic (exact) mass is 252 g/mol. The van der Waals surface area contributed by atoms with Gasteiger partial charge in [-0.2, -0.15) is 0 Å². The first-order valence-electron chi connectivity index (χ1n) is 6.04. The molecule has 1 aromatic rings. The van der Waals surface area contributed by atoms with Crippen molar-refractivity contribution >= 4 is 0 Å². The summed E-state index contributed by atoms with van der Waals surface area (Å²) in [4.78, 5) is 0. The first kappa shape index (κ1) is 13.2. The minimum Gasteiger partial charge on any atom is -0.496 e. The number of aliphatic hydroxyl groups excluding tert-OH is 1. The van der Waals surface area contributed by atoms with Crippen LogP contribution in [0.3, 0.4) is 0 Å². The molecular formula is C14H20O4. The predicted molar refractivity (Wildman–Crippen MR) is 68.3 cm³/mol. The zero-order chi connectivity index (χ0) is 13.2. The highest BCUT2D eigenvalue weighted by atomic mass is 16.5. The van der Waals surface area contributed by atoms with E-state index in [1.807, 2.05) is 19.1 Å². The van der Waals surface area contributed by atoms with Gasteiger partial charge >= 0.3 is 0 Å². The maximum atomic E-state index is 9.49. The zero-order valence-electron chi connectivity index (χ0n) is 11.2. The minimum atomic E-state index is -0.159. The fourth-order valence-corrected chi connectivity index (χ4v) is 2.30. The van der Waals surface area contributed by atoms with Crippen molar-refractivity contribution in [2.24, 2.45) is 5.41 Å². The van der Waals surface area contributed by atoms with Gasteiger partial charge in [0.1, 0.15) is 11.5 Å². The van der Waals surface area contributed by atoms with Crippen LogP contribution in [0.15, 0.2) is 12.1 Å². The van der Waals surface area contributed by atoms with Crippen molar-refractivity contribution in [3.63, 3.8) is 0 Å². The number of aliphatic hydroxyl groups is 1. The molecular weight excluding hydrogens is 232 g/mol. The maximum Gasteiger partial charge on any atom is 0.122 e. The lowest BCUT2D eigenvalue weighted by atomic mass is 9.80. The number of methoxy groups -OCH3 is 2. The number of hydrogen-bond donors (Lipinski definition) is 1. The number of rotatable bonds is 5. The van der Waals surface area contributed by atoms with Crippen LogP contribution in [0, 0.1) is 12.3 Å². The van der Waals surface area contributed by atoms with E-state index in [2.05, 4.69) is 0 Å². The Bertz CT molecular complexity index is 419. The summed E-state index contributed by atoms with van der Waals surface area (Å²) in [6, 6.07) is 3.96. The average Bonchev–Trinajstić information content (AvgIpc) is 2.34. The van der Waals surface area contributed by atoms with Crippen LogP contribution in [0.25, 0.3) is 0 Å². The van der Waals surface area contributed by atoms with E-state index in [9.17, 15) is 5.11 Å². The van der Waals surface area contributed by atoms with Crippen LogP contribution < -0.4 is 9.47 Å². The van der Waals surface area contributed by atoms with E-state index in [-0.39, 0.29) is 12.0 Å². The number of hydrogen-bond acceptors (Lipinski definition) is 4. The summed E-state index contributed by atoms with van der Waals surface area (Å²) >= 11 is 0. The molecule has 1 saturated heterocycles. The lowest BCUT2D eigenvalue weighted by Gasteiger charge is -2.40. The molecule has 18 heavy (non-hydrogen) atoms. The molecule has 1 aliphatic rings. The molecule has 2 rings (SSSR count). The van der Waals surface area contributed by atoms with Gasteiger partial charge in [0.2, 0.25) is 0 Å². The average molecular weight is 252 g/mol. The van der Waals surface area contributed by atoms with Gasteiger partial charge in [0, 0.05) is 5.41 Å². The summed E-state index contributed by atoms with van der Waals surface area (Å²) in [7, 11) is 3.32. The molecule has 1 aliphatic heterocycles. The number of aryl methyl sites for hydroxylation is 1. The molecule has 0 aliphatic carbocycles. The van der Waals surface area contributed by atoms with Crippen LogP contribution in [0.1, 0.15) is 11.1 Å². The van der Waals surface area contributed by atoms with Crippen LogP contribution in [0.4, 0.5) is 0 Å². The van der Waals surface area contributed by atoms with Gasteiger partial charge in [-0.1, -0.05) is 0 Å². The third kappa shape index (κ3) is 2.31. The zero-order valence-corrected chi connectivity index (χ0v) is 11.2. The van der Waals surface area contributed by atoms with E-state index in [1.54, 1.807) is 14.2 Å². The SMILES string of the molecule is COc1cc(CC2(CO)COC2)c(OC)cc1C. The van der Waals surface area contributed by atoms with Gasteiger partial charge < -0.3 is 19.3 Å². The van der Waals surface area contributed by atoms with Gasteiger partial charge in [0.05, 0.1) is 34.0 Å². The van der Waals surface area contributed by atoms with E-state index < -0.39 is 0 Å². The summed E-state index contributed by atoms with van der Waals surface area (Å²) in [5, 5.41) is 9.49. The molecule has 0 amide bonds. The molecule has 4 heteroatoms. The molecule has 0 bridgehead atoms. The van der Waals surface area contributed by atoms with Crippen molar-refractivity contribution in [2.45, 2.75) is 13.3 Å². The van der Waals surface area contributed by atoms with Gasteiger partial charge in [-0.3, -0.25) is 0 Å². The van der Waals surface area contributed by atoms with Crippen molar-refractivity contribution in [2.75, 3.05) is 34.0 Å². The van der Waals surface area contributed by atoms with Crippen molar-refractivity contribution < 1.29 is 19.3 Å². The van der Waals surface area contributed by atoms with Crippen molar-refractivity contribution in [1.82, 2.24) is 0 Å². The third-order valence-electron chi connectivity index (χ3n) is 3.52. The van der Waals surface area contributed by atoms with Gasteiger partial charge in [0.25, 0.3) is 0 Å². The quantitative estimate of drug-likeness (QED) is 0.864. The number of benzene rings is 1. The highest BCUT2D eigenvalue weighted by molar-refractivity contribution is 5.46. The fourth-order valence-electron chi connectivity index (χ4n) is 2.30. The summed E-state index contributed by atoms with van der Waals surface area (Å²) in [5.74, 6) is 1.69. The predicted octanol–water partition coefficient (Wildman–Crippen LogP) is 1.56. The van der Waals surface area contributed by atoms with E-state index in [0.717, 1.165) is 29.0 Å². The molecule has 0 aromatic heterocycles. The highest BCUT2D eigenvalue weighted by Gasteiger charge is 2.38. The summed E-state index contributed by atoms with van der Waals surface area (Å²) in [6.45, 7) is 3.32. The van der Waals surface area contributed by atoms with E-state index >= 15 is 0 Å². The molecule has 4 nitrogen and oxygen atoms in total. The van der Waals surface area contributed by atoms with Gasteiger partial charge in [-0.25, -0.2) is 0 Å². The normalized spacial score (nSPS) is 17.1. The molecule has 1 N–H and O–H groups in total. The second-order valence-electron chi connectivity index (χ2n) is 4.96. The molecule has 0 radical (unpaired) electrons. The lowest BCUT2D eigenvalue weighted by Crippen LogP contribution is -2.47. The standard InChI is InChI=1S/C14H20O4/c1-10-4-13(17-3)11(5-12(10)16-2)6-14(7-15)8-18-9-14/h4-5,15H,6-9H2,1-3H3. The maximum absolute atomic E-state index is 9.49. The Morgan fingerprint density at radius 1 is 1.22 bits per heavy atom. The molecule has 0 spiro atoms. The molecule has 0 atom stereocenters. The second kappa shape index (κ2) is 5.16. The van der Waals surface area contributed by atoms with E-state index in [4.69, 9.17) is 14.2 Å². The van der Waals surface area contributed by atoms with Crippen LogP contribution in [-0.4, -0.2) is 39.1 Å². The second-order valence-corrected chi connectivity index (χ2v) is 4.96. The summed E-state index contributed by atoms with van der Waals surface area (Å²) < 4.78 is 16.0. The Morgan fingerprint density at radius 2 is 1.89 bits per heavy atom. The first-order chi connectivity index (χ1) is 8.64. The lowest BCUT2D eigenvalue weighted by molar-refractivity contribution is -0.136. The largest absolute Gasteiger partial charge is 0.496 e. The van der Waals surface area contributed by atoms with Crippen molar-refractivity contribution in [3.8, 4) is 11.5 Å². The molecule has 1 heterocycles. The summed E-state index contributed by atoms with van der Waals surface area (Å²) in [5.41, 5.74) is 1.94. The molecule has 0 saturated carbocycles. The van der Waals surface area contributed by atoms with Gasteiger partial charge in [0.15, 0.2) is 0 Å². The Morgan fingerprint density at radius 3 is 2.33 bits per heavy atom. The Balaban J connectivity index is 2.30. The topological polar surface area (TPSA) is 47.9 Å². The molecule has 1 fully saturated rings. The first-order valence-corrected chi connectivity index (χ1v) is 6.04. The Labute approximate surface area is 107 Å². The van der Waals surface area contributed by atoms with Crippen molar-refractivity contribution in [3.05, 3.63) is 23.3 Å². The van der Waals surface area contributed by atoms with E-state index in [0.29, 0.717) is 13.2 Å². The van der Waals surface area contributed by atoms with Crippen LogP contribution in [0.5, 0.6) is 11.5 Å². The van der Waals surface area contributed by atoms with Crippen LogP contribution in [-0.2, 0) is 11.2 Å². The Hall–Kier alpha value is -1.26. The third-order valence-corrected chi connectivity index (χ3v) is 3.52. The fraction of sp³-hybridized carbons (Fsp3) is 0.571. The molecule has 100 valence electrons. The number of ether oxygens (including phenoxy) is 3. The smallest absolute Gasteiger partial charge is 0.122 e. The molecule has 1 aromatic carbocycles. The van der Waals surface area contributed by atoms with Crippen LogP contribution in [0.2, 0.25) is 0 Å². The van der Waals surface area contributed by atoms with Crippen molar-refractivity contribution in [1.29, 1.82) is 0 Å². The summed E-state index contributed by atoms with van der Waals surface area (Å²) in [6.07, 6.45) is 0.739.